The Morgan fingerprint density at radius 3 is 2.56 bits per heavy atom. The molecule has 0 saturated heterocycles. The van der Waals surface area contributed by atoms with Crippen LogP contribution in [-0.4, -0.2) is 32.7 Å². The fraction of sp³-hybridized carbons (Fsp3) is 0.500. The molecule has 0 radical (unpaired) electrons. The first-order valence-corrected chi connectivity index (χ1v) is 6.68. The van der Waals surface area contributed by atoms with Gasteiger partial charge in [0.05, 0.1) is 5.75 Å². The minimum Gasteiger partial charge on any atom is -0.319 e. The lowest BCUT2D eigenvalue weighted by Gasteiger charge is -2.08. The first kappa shape index (κ1) is 12.9. The summed E-state index contributed by atoms with van der Waals surface area (Å²) < 4.78 is 25.6. The smallest absolute Gasteiger partial charge is 0.235 e. The van der Waals surface area contributed by atoms with Crippen LogP contribution in [-0.2, 0) is 10.0 Å². The van der Waals surface area contributed by atoms with Gasteiger partial charge >= 0.3 is 0 Å². The van der Waals surface area contributed by atoms with Crippen molar-refractivity contribution in [2.75, 3.05) is 24.1 Å². The van der Waals surface area contributed by atoms with Gasteiger partial charge in [-0.15, -0.1) is 0 Å². The lowest BCUT2D eigenvalue weighted by atomic mass is 10.2. The number of hydrogen-bond donors (Lipinski definition) is 2. The molecule has 0 bridgehead atoms. The van der Waals surface area contributed by atoms with E-state index in [1.807, 2.05) is 19.9 Å². The third-order valence-electron chi connectivity index (χ3n) is 1.98. The molecule has 5 nitrogen and oxygen atoms in total. The van der Waals surface area contributed by atoms with Crippen LogP contribution in [0.5, 0.6) is 0 Å². The Morgan fingerprint density at radius 1 is 1.31 bits per heavy atom. The third-order valence-corrected chi connectivity index (χ3v) is 3.24. The first-order valence-electron chi connectivity index (χ1n) is 5.03. The Kier molecular flexibility index (Phi) is 4.26. The highest BCUT2D eigenvalue weighted by molar-refractivity contribution is 7.92. The summed E-state index contributed by atoms with van der Waals surface area (Å²) in [7, 11) is -1.59. The number of pyridine rings is 1. The van der Waals surface area contributed by atoms with Crippen LogP contribution in [0.1, 0.15) is 11.3 Å². The minimum absolute atomic E-state index is 0.0399. The molecule has 0 aliphatic rings. The van der Waals surface area contributed by atoms with Crippen LogP contribution in [0.15, 0.2) is 12.1 Å². The van der Waals surface area contributed by atoms with Crippen molar-refractivity contribution in [3.8, 4) is 0 Å². The van der Waals surface area contributed by atoms with Gasteiger partial charge in [-0.3, -0.25) is 4.72 Å². The molecule has 1 heterocycles. The molecule has 1 rings (SSSR count). The summed E-state index contributed by atoms with van der Waals surface area (Å²) in [6, 6.07) is 3.61. The molecule has 0 unspecified atom stereocenters. The van der Waals surface area contributed by atoms with E-state index in [2.05, 4.69) is 15.0 Å². The van der Waals surface area contributed by atoms with Crippen LogP contribution in [0.2, 0.25) is 0 Å². The molecule has 0 spiro atoms. The average molecular weight is 243 g/mol. The van der Waals surface area contributed by atoms with E-state index in [4.69, 9.17) is 0 Å². The van der Waals surface area contributed by atoms with E-state index in [-0.39, 0.29) is 5.75 Å². The minimum atomic E-state index is -3.31. The Bertz CT molecular complexity index is 437. The Morgan fingerprint density at radius 2 is 2.00 bits per heavy atom. The fourth-order valence-corrected chi connectivity index (χ4v) is 2.34. The normalized spacial score (nSPS) is 11.4. The number of nitrogens with one attached hydrogen (secondary N) is 2. The van der Waals surface area contributed by atoms with Crippen LogP contribution < -0.4 is 10.0 Å². The lowest BCUT2D eigenvalue weighted by Crippen LogP contribution is -2.25. The van der Waals surface area contributed by atoms with Crippen LogP contribution in [0.4, 0.5) is 5.82 Å². The topological polar surface area (TPSA) is 71.1 Å². The van der Waals surface area contributed by atoms with Gasteiger partial charge in [-0.25, -0.2) is 13.4 Å². The second kappa shape index (κ2) is 5.27. The molecule has 0 aliphatic carbocycles. The van der Waals surface area contributed by atoms with Gasteiger partial charge in [0.15, 0.2) is 0 Å². The summed E-state index contributed by atoms with van der Waals surface area (Å²) >= 11 is 0. The molecule has 0 saturated carbocycles. The molecule has 0 fully saturated rings. The first-order chi connectivity index (χ1) is 7.43. The molecule has 0 amide bonds. The SMILES string of the molecule is CNCCS(=O)(=O)Nc1cc(C)cc(C)n1. The highest BCUT2D eigenvalue weighted by Crippen LogP contribution is 2.10. The quantitative estimate of drug-likeness (QED) is 0.797. The maximum atomic E-state index is 11.6. The number of nitrogens with zero attached hydrogens (tertiary/aromatic N) is 1. The maximum Gasteiger partial charge on any atom is 0.235 e. The van der Waals surface area contributed by atoms with Crippen LogP contribution in [0.25, 0.3) is 0 Å². The number of aromatic nitrogens is 1. The molecule has 0 aromatic carbocycles. The Hall–Kier alpha value is -1.14. The molecule has 16 heavy (non-hydrogen) atoms. The lowest BCUT2D eigenvalue weighted by molar-refractivity contribution is 0.598. The van der Waals surface area contributed by atoms with Crippen molar-refractivity contribution in [3.63, 3.8) is 0 Å². The van der Waals surface area contributed by atoms with Gasteiger partial charge in [-0.05, 0) is 38.6 Å². The summed E-state index contributed by atoms with van der Waals surface area (Å²) in [5.74, 6) is 0.423. The summed E-state index contributed by atoms with van der Waals surface area (Å²) in [5.41, 5.74) is 1.78. The molecule has 90 valence electrons. The van der Waals surface area contributed by atoms with Crippen LogP contribution in [0.3, 0.4) is 0 Å². The zero-order valence-electron chi connectivity index (χ0n) is 9.74. The molecule has 0 aliphatic heterocycles. The van der Waals surface area contributed by atoms with E-state index in [0.29, 0.717) is 12.4 Å². The highest BCUT2D eigenvalue weighted by Gasteiger charge is 2.10. The number of sulfonamides is 1. The standard InChI is InChI=1S/C10H17N3O2S/c1-8-6-9(2)12-10(7-8)13-16(14,15)5-4-11-3/h6-7,11H,4-5H2,1-3H3,(H,12,13). The molecular formula is C10H17N3O2S. The largest absolute Gasteiger partial charge is 0.319 e. The molecule has 2 N–H and O–H groups in total. The highest BCUT2D eigenvalue weighted by atomic mass is 32.2. The summed E-state index contributed by atoms with van der Waals surface area (Å²) in [6.07, 6.45) is 0. The van der Waals surface area contributed by atoms with Gasteiger partial charge in [0.25, 0.3) is 0 Å². The van der Waals surface area contributed by atoms with E-state index in [1.165, 1.54) is 0 Å². The Balaban J connectivity index is 2.80. The molecule has 6 heteroatoms. The van der Waals surface area contributed by atoms with Crippen molar-refractivity contribution < 1.29 is 8.42 Å². The second-order valence-corrected chi connectivity index (χ2v) is 5.54. The van der Waals surface area contributed by atoms with Crippen molar-refractivity contribution in [3.05, 3.63) is 23.4 Å². The van der Waals surface area contributed by atoms with Crippen molar-refractivity contribution in [1.82, 2.24) is 10.3 Å². The number of anilines is 1. The average Bonchev–Trinajstić information content (AvgIpc) is 2.12. The predicted molar refractivity (Wildman–Crippen MR) is 65.0 cm³/mol. The van der Waals surface area contributed by atoms with Crippen LogP contribution in [0, 0.1) is 13.8 Å². The van der Waals surface area contributed by atoms with E-state index < -0.39 is 10.0 Å². The van der Waals surface area contributed by atoms with E-state index in [9.17, 15) is 8.42 Å². The van der Waals surface area contributed by atoms with Gasteiger partial charge in [0.1, 0.15) is 5.82 Å². The zero-order chi connectivity index (χ0) is 12.2. The van der Waals surface area contributed by atoms with Crippen molar-refractivity contribution in [2.45, 2.75) is 13.8 Å². The van der Waals surface area contributed by atoms with Crippen LogP contribution >= 0.6 is 0 Å². The van der Waals surface area contributed by atoms with E-state index in [0.717, 1.165) is 11.3 Å². The number of hydrogen-bond acceptors (Lipinski definition) is 4. The van der Waals surface area contributed by atoms with Gasteiger partial charge in [-0.1, -0.05) is 0 Å². The van der Waals surface area contributed by atoms with E-state index in [1.54, 1.807) is 13.1 Å². The molecule has 1 aromatic rings. The second-order valence-electron chi connectivity index (χ2n) is 3.70. The van der Waals surface area contributed by atoms with Crippen molar-refractivity contribution >= 4 is 15.8 Å². The summed E-state index contributed by atoms with van der Waals surface area (Å²) in [4.78, 5) is 4.12. The number of rotatable bonds is 5. The van der Waals surface area contributed by atoms with Gasteiger partial charge in [0.2, 0.25) is 10.0 Å². The molecule has 1 aromatic heterocycles. The zero-order valence-corrected chi connectivity index (χ0v) is 10.6. The summed E-state index contributed by atoms with van der Waals surface area (Å²) in [5, 5.41) is 2.79. The fourth-order valence-electron chi connectivity index (χ4n) is 1.34. The predicted octanol–water partition coefficient (Wildman–Crippen LogP) is 0.660. The van der Waals surface area contributed by atoms with Gasteiger partial charge in [0, 0.05) is 12.2 Å². The maximum absolute atomic E-state index is 11.6. The molecular weight excluding hydrogens is 226 g/mol. The van der Waals surface area contributed by atoms with Crippen molar-refractivity contribution in [2.24, 2.45) is 0 Å². The Labute approximate surface area is 96.3 Å². The van der Waals surface area contributed by atoms with Gasteiger partial charge in [-0.2, -0.15) is 0 Å². The van der Waals surface area contributed by atoms with Gasteiger partial charge < -0.3 is 5.32 Å². The van der Waals surface area contributed by atoms with E-state index >= 15 is 0 Å². The third kappa shape index (κ3) is 4.16. The molecule has 0 atom stereocenters. The summed E-state index contributed by atoms with van der Waals surface area (Å²) in [6.45, 7) is 4.15. The van der Waals surface area contributed by atoms with Crippen molar-refractivity contribution in [1.29, 1.82) is 0 Å². The number of aryl methyl sites for hydroxylation is 2. The monoisotopic (exact) mass is 243 g/mol.